The molecule has 2 aromatic carbocycles. The van der Waals surface area contributed by atoms with Crippen molar-refractivity contribution in [1.82, 2.24) is 9.80 Å². The number of halogens is 2. The monoisotopic (exact) mass is 577 g/mol. The molecular weight excluding hydrogens is 541 g/mol. The van der Waals surface area contributed by atoms with Crippen molar-refractivity contribution in [2.24, 2.45) is 11.8 Å². The molecule has 0 aromatic heterocycles. The fraction of sp³-hybridized carbons (Fsp3) is 0.517. The minimum Gasteiger partial charge on any atom is -0.486 e. The van der Waals surface area contributed by atoms with Crippen molar-refractivity contribution < 1.29 is 24.2 Å². The summed E-state index contributed by atoms with van der Waals surface area (Å²) in [6.45, 7) is 6.41. The van der Waals surface area contributed by atoms with Crippen molar-refractivity contribution >= 4 is 40.7 Å². The SMILES string of the molecule is C[C@H](CO)N1C[C@H](C)[C@@H](CN(C)Cc2ccc(Cl)c(Cl)c2)Oc2c(NC(=O)C3CCOCC3)cccc2C1=O. The number of hydrogen-bond acceptors (Lipinski definition) is 6. The van der Waals surface area contributed by atoms with Crippen LogP contribution in [0.25, 0.3) is 0 Å². The number of amides is 2. The molecule has 2 heterocycles. The maximum atomic E-state index is 13.7. The van der Waals surface area contributed by atoms with Gasteiger partial charge in [-0.3, -0.25) is 14.5 Å². The van der Waals surface area contributed by atoms with Crippen LogP contribution in [0.2, 0.25) is 10.0 Å². The van der Waals surface area contributed by atoms with Crippen LogP contribution in [0.4, 0.5) is 5.69 Å². The highest BCUT2D eigenvalue weighted by Crippen LogP contribution is 2.35. The largest absolute Gasteiger partial charge is 0.486 e. The van der Waals surface area contributed by atoms with E-state index in [1.807, 2.05) is 33.0 Å². The molecule has 2 aliphatic heterocycles. The maximum absolute atomic E-state index is 13.7. The molecule has 4 rings (SSSR count). The zero-order valence-corrected chi connectivity index (χ0v) is 24.2. The van der Waals surface area contributed by atoms with E-state index in [1.165, 1.54) is 0 Å². The summed E-state index contributed by atoms with van der Waals surface area (Å²) < 4.78 is 12.0. The van der Waals surface area contributed by atoms with Gasteiger partial charge in [0.25, 0.3) is 5.91 Å². The zero-order chi connectivity index (χ0) is 28.1. The van der Waals surface area contributed by atoms with Gasteiger partial charge in [0.15, 0.2) is 5.75 Å². The molecule has 0 radical (unpaired) electrons. The van der Waals surface area contributed by atoms with Crippen molar-refractivity contribution in [1.29, 1.82) is 0 Å². The van der Waals surface area contributed by atoms with Crippen LogP contribution in [-0.4, -0.2) is 78.8 Å². The van der Waals surface area contributed by atoms with E-state index in [2.05, 4.69) is 10.2 Å². The number of carbonyl (C=O) groups excluding carboxylic acids is 2. The summed E-state index contributed by atoms with van der Waals surface area (Å²) in [5, 5.41) is 14.0. The van der Waals surface area contributed by atoms with Gasteiger partial charge in [-0.2, -0.15) is 0 Å². The van der Waals surface area contributed by atoms with Gasteiger partial charge in [0.1, 0.15) is 6.10 Å². The number of nitrogens with one attached hydrogen (secondary N) is 1. The summed E-state index contributed by atoms with van der Waals surface area (Å²) in [4.78, 5) is 30.6. The third kappa shape index (κ3) is 7.24. The number of aliphatic hydroxyl groups excluding tert-OH is 1. The number of carbonyl (C=O) groups is 2. The average Bonchev–Trinajstić information content (AvgIpc) is 2.93. The van der Waals surface area contributed by atoms with E-state index in [4.69, 9.17) is 32.7 Å². The molecule has 0 saturated carbocycles. The average molecular weight is 579 g/mol. The molecule has 39 heavy (non-hydrogen) atoms. The lowest BCUT2D eigenvalue weighted by Crippen LogP contribution is -2.49. The van der Waals surface area contributed by atoms with Crippen LogP contribution < -0.4 is 10.1 Å². The third-order valence-electron chi connectivity index (χ3n) is 7.47. The summed E-state index contributed by atoms with van der Waals surface area (Å²) in [5.41, 5.74) is 1.85. The third-order valence-corrected chi connectivity index (χ3v) is 8.21. The molecule has 2 aliphatic rings. The molecule has 2 amide bonds. The summed E-state index contributed by atoms with van der Waals surface area (Å²) in [7, 11) is 2.00. The first-order valence-corrected chi connectivity index (χ1v) is 14.2. The van der Waals surface area contributed by atoms with Crippen molar-refractivity contribution in [3.8, 4) is 5.75 Å². The van der Waals surface area contributed by atoms with Gasteiger partial charge in [-0.1, -0.05) is 42.3 Å². The molecule has 212 valence electrons. The normalized spacial score (nSPS) is 21.1. The molecule has 0 bridgehead atoms. The van der Waals surface area contributed by atoms with Gasteiger partial charge >= 0.3 is 0 Å². The maximum Gasteiger partial charge on any atom is 0.258 e. The highest BCUT2D eigenvalue weighted by Gasteiger charge is 2.35. The second kappa shape index (κ2) is 13.3. The van der Waals surface area contributed by atoms with Crippen LogP contribution in [0.5, 0.6) is 5.75 Å². The number of ether oxygens (including phenoxy) is 2. The molecule has 3 atom stereocenters. The number of aliphatic hydroxyl groups is 1. The molecule has 2 N–H and O–H groups in total. The van der Waals surface area contributed by atoms with Crippen LogP contribution in [0.15, 0.2) is 36.4 Å². The van der Waals surface area contributed by atoms with Crippen LogP contribution >= 0.6 is 23.2 Å². The Balaban J connectivity index is 1.63. The standard InChI is InChI=1S/C29H37Cl2N3O5/c1-18-14-34(19(2)17-35)29(37)22-5-4-6-25(32-28(36)21-9-11-38-12-10-21)27(22)39-26(18)16-33(3)15-20-7-8-23(30)24(31)13-20/h4-8,13,18-19,21,26,35H,9-12,14-17H2,1-3H3,(H,32,36)/t18-,19+,26+/m0/s1. The van der Waals surface area contributed by atoms with E-state index in [9.17, 15) is 14.7 Å². The van der Waals surface area contributed by atoms with Gasteiger partial charge in [-0.15, -0.1) is 0 Å². The minimum atomic E-state index is -0.374. The number of benzene rings is 2. The number of para-hydroxylation sites is 1. The van der Waals surface area contributed by atoms with Gasteiger partial charge < -0.3 is 24.8 Å². The molecule has 0 unspecified atom stereocenters. The summed E-state index contributed by atoms with van der Waals surface area (Å²) >= 11 is 12.3. The predicted molar refractivity (Wildman–Crippen MR) is 153 cm³/mol. The van der Waals surface area contributed by atoms with Gasteiger partial charge in [0, 0.05) is 44.7 Å². The van der Waals surface area contributed by atoms with Gasteiger partial charge in [0.05, 0.1) is 33.9 Å². The molecule has 2 aromatic rings. The van der Waals surface area contributed by atoms with Gasteiger partial charge in [-0.05, 0) is 56.6 Å². The number of rotatable bonds is 8. The fourth-order valence-electron chi connectivity index (χ4n) is 5.08. The first-order chi connectivity index (χ1) is 18.7. The Morgan fingerprint density at radius 3 is 2.64 bits per heavy atom. The lowest BCUT2D eigenvalue weighted by Gasteiger charge is -2.38. The van der Waals surface area contributed by atoms with Gasteiger partial charge in [-0.25, -0.2) is 0 Å². The number of likely N-dealkylation sites (N-methyl/N-ethyl adjacent to an activating group) is 1. The van der Waals surface area contributed by atoms with Crippen molar-refractivity contribution in [3.63, 3.8) is 0 Å². The smallest absolute Gasteiger partial charge is 0.258 e. The first kappa shape index (κ1) is 29.6. The lowest BCUT2D eigenvalue weighted by atomic mass is 9.98. The Morgan fingerprint density at radius 1 is 1.21 bits per heavy atom. The van der Waals surface area contributed by atoms with E-state index in [-0.39, 0.29) is 42.4 Å². The number of fused-ring (bicyclic) bond motifs is 1. The van der Waals surface area contributed by atoms with E-state index in [1.54, 1.807) is 29.2 Å². The topological polar surface area (TPSA) is 91.3 Å². The number of hydrogen-bond donors (Lipinski definition) is 2. The highest BCUT2D eigenvalue weighted by atomic mass is 35.5. The zero-order valence-electron chi connectivity index (χ0n) is 22.7. The summed E-state index contributed by atoms with van der Waals surface area (Å²) in [5.74, 6) is -0.198. The first-order valence-electron chi connectivity index (χ1n) is 13.4. The summed E-state index contributed by atoms with van der Waals surface area (Å²) in [6.07, 6.45) is 1.00. The minimum absolute atomic E-state index is 0.0633. The number of nitrogens with zero attached hydrogens (tertiary/aromatic N) is 2. The van der Waals surface area contributed by atoms with Crippen LogP contribution in [0.1, 0.15) is 42.6 Å². The second-order valence-corrected chi connectivity index (χ2v) is 11.4. The Hall–Kier alpha value is -2.36. The quantitative estimate of drug-likeness (QED) is 0.472. The number of anilines is 1. The molecule has 10 heteroatoms. The van der Waals surface area contributed by atoms with Crippen LogP contribution in [0.3, 0.4) is 0 Å². The second-order valence-electron chi connectivity index (χ2n) is 10.6. The van der Waals surface area contributed by atoms with Gasteiger partial charge in [0.2, 0.25) is 5.91 Å². The Kier molecular flexibility index (Phi) is 10.1. The fourth-order valence-corrected chi connectivity index (χ4v) is 5.40. The summed E-state index contributed by atoms with van der Waals surface area (Å²) in [6, 6.07) is 10.4. The van der Waals surface area contributed by atoms with Crippen molar-refractivity contribution in [2.45, 2.75) is 45.4 Å². The van der Waals surface area contributed by atoms with E-state index < -0.39 is 0 Å². The molecule has 0 aliphatic carbocycles. The molecule has 1 fully saturated rings. The molecule has 1 saturated heterocycles. The van der Waals surface area contributed by atoms with E-state index >= 15 is 0 Å². The predicted octanol–water partition coefficient (Wildman–Crippen LogP) is 4.71. The highest BCUT2D eigenvalue weighted by molar-refractivity contribution is 6.42. The Labute approximate surface area is 240 Å². The van der Waals surface area contributed by atoms with Crippen LogP contribution in [-0.2, 0) is 16.1 Å². The van der Waals surface area contributed by atoms with E-state index in [0.717, 1.165) is 5.56 Å². The Bertz CT molecular complexity index is 1170. The Morgan fingerprint density at radius 2 is 1.95 bits per heavy atom. The molecular formula is C29H37Cl2N3O5. The van der Waals surface area contributed by atoms with Crippen LogP contribution in [0, 0.1) is 11.8 Å². The van der Waals surface area contributed by atoms with Crippen molar-refractivity contribution in [3.05, 3.63) is 57.6 Å². The molecule has 8 nitrogen and oxygen atoms in total. The molecule has 0 spiro atoms. The lowest BCUT2D eigenvalue weighted by molar-refractivity contribution is -0.122. The van der Waals surface area contributed by atoms with E-state index in [0.29, 0.717) is 72.7 Å². The van der Waals surface area contributed by atoms with Crippen molar-refractivity contribution in [2.75, 3.05) is 45.3 Å².